The summed E-state index contributed by atoms with van der Waals surface area (Å²) >= 11 is 0. The SMILES string of the molecule is Cc1ccc(NS(=O)(=O)c2cc(C(=O)NCC3COc4ccccc4O3)ccc2C)c(C)c1. The van der Waals surface area contributed by atoms with E-state index in [2.05, 4.69) is 10.0 Å². The van der Waals surface area contributed by atoms with E-state index in [1.165, 1.54) is 6.07 Å². The number of benzene rings is 3. The van der Waals surface area contributed by atoms with E-state index in [1.807, 2.05) is 50.2 Å². The lowest BCUT2D eigenvalue weighted by Crippen LogP contribution is -2.40. The molecule has 172 valence electrons. The number of sulfonamides is 1. The summed E-state index contributed by atoms with van der Waals surface area (Å²) in [7, 11) is -3.88. The topological polar surface area (TPSA) is 93.7 Å². The molecule has 0 aromatic heterocycles. The number of anilines is 1. The molecule has 8 heteroatoms. The van der Waals surface area contributed by atoms with Gasteiger partial charge in [-0.3, -0.25) is 9.52 Å². The number of carbonyl (C=O) groups excluding carboxylic acids is 1. The Hall–Kier alpha value is -3.52. The van der Waals surface area contributed by atoms with Gasteiger partial charge in [0, 0.05) is 5.56 Å². The molecule has 1 heterocycles. The molecule has 3 aromatic carbocycles. The second kappa shape index (κ2) is 9.15. The fourth-order valence-corrected chi connectivity index (χ4v) is 5.03. The van der Waals surface area contributed by atoms with Crippen molar-refractivity contribution in [2.45, 2.75) is 31.8 Å². The van der Waals surface area contributed by atoms with Crippen molar-refractivity contribution in [3.8, 4) is 11.5 Å². The van der Waals surface area contributed by atoms with Crippen LogP contribution in [0.25, 0.3) is 0 Å². The van der Waals surface area contributed by atoms with Crippen molar-refractivity contribution >= 4 is 21.6 Å². The summed E-state index contributed by atoms with van der Waals surface area (Å²) < 4.78 is 40.3. The van der Waals surface area contributed by atoms with Gasteiger partial charge in [-0.1, -0.05) is 35.9 Å². The maximum absolute atomic E-state index is 13.1. The van der Waals surface area contributed by atoms with Gasteiger partial charge < -0.3 is 14.8 Å². The molecular weight excluding hydrogens is 440 g/mol. The highest BCUT2D eigenvalue weighted by Gasteiger charge is 2.23. The van der Waals surface area contributed by atoms with Crippen molar-refractivity contribution < 1.29 is 22.7 Å². The van der Waals surface area contributed by atoms with E-state index in [4.69, 9.17) is 9.47 Å². The van der Waals surface area contributed by atoms with Gasteiger partial charge in [-0.25, -0.2) is 8.42 Å². The highest BCUT2D eigenvalue weighted by Crippen LogP contribution is 2.30. The Kier molecular flexibility index (Phi) is 6.29. The Morgan fingerprint density at radius 1 is 0.970 bits per heavy atom. The predicted octanol–water partition coefficient (Wildman–Crippen LogP) is 3.98. The number of aryl methyl sites for hydroxylation is 3. The summed E-state index contributed by atoms with van der Waals surface area (Å²) in [4.78, 5) is 12.8. The monoisotopic (exact) mass is 466 g/mol. The zero-order valence-electron chi connectivity index (χ0n) is 18.7. The summed E-state index contributed by atoms with van der Waals surface area (Å²) in [5, 5.41) is 2.80. The van der Waals surface area contributed by atoms with Gasteiger partial charge in [0.05, 0.1) is 17.1 Å². The number of ether oxygens (including phenoxy) is 2. The number of para-hydroxylation sites is 2. The van der Waals surface area contributed by atoms with Crippen molar-refractivity contribution in [1.82, 2.24) is 5.32 Å². The summed E-state index contributed by atoms with van der Waals surface area (Å²) in [6, 6.07) is 17.5. The number of hydrogen-bond donors (Lipinski definition) is 2. The number of rotatable bonds is 6. The van der Waals surface area contributed by atoms with Crippen LogP contribution >= 0.6 is 0 Å². The molecule has 2 N–H and O–H groups in total. The number of carbonyl (C=O) groups is 1. The minimum atomic E-state index is -3.88. The molecule has 1 aliphatic rings. The standard InChI is InChI=1S/C25H26N2O5S/c1-16-8-11-21(18(3)12-16)27-33(29,30)24-13-19(10-9-17(24)2)25(28)26-14-20-15-31-22-6-4-5-7-23(22)32-20/h4-13,20,27H,14-15H2,1-3H3,(H,26,28). The largest absolute Gasteiger partial charge is 0.486 e. The Labute approximate surface area is 193 Å². The molecule has 0 aliphatic carbocycles. The van der Waals surface area contributed by atoms with Crippen molar-refractivity contribution in [2.24, 2.45) is 0 Å². The van der Waals surface area contributed by atoms with Crippen LogP contribution in [0.4, 0.5) is 5.69 Å². The van der Waals surface area contributed by atoms with Gasteiger partial charge in [-0.2, -0.15) is 0 Å². The van der Waals surface area contributed by atoms with Crippen molar-refractivity contribution in [1.29, 1.82) is 0 Å². The highest BCUT2D eigenvalue weighted by molar-refractivity contribution is 7.92. The quantitative estimate of drug-likeness (QED) is 0.573. The highest BCUT2D eigenvalue weighted by atomic mass is 32.2. The third-order valence-electron chi connectivity index (χ3n) is 5.42. The maximum atomic E-state index is 13.1. The van der Waals surface area contributed by atoms with Gasteiger partial charge in [0.2, 0.25) is 0 Å². The first-order chi connectivity index (χ1) is 15.7. The molecule has 3 aromatic rings. The zero-order valence-corrected chi connectivity index (χ0v) is 19.5. The van der Waals surface area contributed by atoms with Crippen LogP contribution in [0.5, 0.6) is 11.5 Å². The minimum Gasteiger partial charge on any atom is -0.486 e. The van der Waals surface area contributed by atoms with Crippen LogP contribution in [0.3, 0.4) is 0 Å². The van der Waals surface area contributed by atoms with E-state index < -0.39 is 10.0 Å². The molecular formula is C25H26N2O5S. The van der Waals surface area contributed by atoms with E-state index in [-0.39, 0.29) is 29.0 Å². The first kappa shape index (κ1) is 22.7. The molecule has 0 radical (unpaired) electrons. The summed E-state index contributed by atoms with van der Waals surface area (Å²) in [5.41, 5.74) is 3.16. The molecule has 0 bridgehead atoms. The third-order valence-corrected chi connectivity index (χ3v) is 6.93. The molecule has 0 fully saturated rings. The lowest BCUT2D eigenvalue weighted by molar-refractivity contribution is 0.0789. The average Bonchev–Trinajstić information content (AvgIpc) is 2.79. The van der Waals surface area contributed by atoms with Gasteiger partial charge in [0.1, 0.15) is 12.7 Å². The molecule has 0 saturated heterocycles. The number of nitrogens with one attached hydrogen (secondary N) is 2. The average molecular weight is 467 g/mol. The van der Waals surface area contributed by atoms with Crippen molar-refractivity contribution in [3.05, 3.63) is 82.9 Å². The lowest BCUT2D eigenvalue weighted by Gasteiger charge is -2.26. The Morgan fingerprint density at radius 2 is 1.73 bits per heavy atom. The Balaban J connectivity index is 1.46. The second-order valence-corrected chi connectivity index (χ2v) is 9.76. The third kappa shape index (κ3) is 5.12. The van der Waals surface area contributed by atoms with E-state index in [1.54, 1.807) is 25.1 Å². The molecule has 7 nitrogen and oxygen atoms in total. The molecule has 4 rings (SSSR count). The van der Waals surface area contributed by atoms with Gasteiger partial charge >= 0.3 is 0 Å². The van der Waals surface area contributed by atoms with Crippen LogP contribution in [0.2, 0.25) is 0 Å². The van der Waals surface area contributed by atoms with Crippen LogP contribution in [-0.4, -0.2) is 33.6 Å². The summed E-state index contributed by atoms with van der Waals surface area (Å²) in [6.07, 6.45) is -0.344. The summed E-state index contributed by atoms with van der Waals surface area (Å²) in [5.74, 6) is 0.911. The predicted molar refractivity (Wildman–Crippen MR) is 127 cm³/mol. The molecule has 1 unspecified atom stereocenters. The lowest BCUT2D eigenvalue weighted by atomic mass is 10.1. The number of amides is 1. The fraction of sp³-hybridized carbons (Fsp3) is 0.240. The van der Waals surface area contributed by atoms with Gasteiger partial charge in [-0.15, -0.1) is 0 Å². The first-order valence-corrected chi connectivity index (χ1v) is 12.1. The fourth-order valence-electron chi connectivity index (χ4n) is 3.63. The molecule has 33 heavy (non-hydrogen) atoms. The minimum absolute atomic E-state index is 0.0568. The van der Waals surface area contributed by atoms with Gasteiger partial charge in [0.15, 0.2) is 11.5 Å². The molecule has 1 atom stereocenters. The van der Waals surface area contributed by atoms with Crippen LogP contribution in [-0.2, 0) is 10.0 Å². The second-order valence-electron chi connectivity index (χ2n) is 8.11. The van der Waals surface area contributed by atoms with E-state index in [9.17, 15) is 13.2 Å². The smallest absolute Gasteiger partial charge is 0.262 e. The molecule has 0 spiro atoms. The van der Waals surface area contributed by atoms with Crippen LogP contribution in [0, 0.1) is 20.8 Å². The maximum Gasteiger partial charge on any atom is 0.262 e. The normalized spacial score (nSPS) is 15.1. The van der Waals surface area contributed by atoms with Crippen LogP contribution < -0.4 is 19.5 Å². The van der Waals surface area contributed by atoms with Crippen molar-refractivity contribution in [3.63, 3.8) is 0 Å². The molecule has 0 saturated carbocycles. The zero-order chi connectivity index (χ0) is 23.6. The van der Waals surface area contributed by atoms with E-state index >= 15 is 0 Å². The van der Waals surface area contributed by atoms with Crippen LogP contribution in [0.1, 0.15) is 27.0 Å². The molecule has 1 amide bonds. The van der Waals surface area contributed by atoms with E-state index in [0.717, 1.165) is 11.1 Å². The first-order valence-electron chi connectivity index (χ1n) is 10.6. The van der Waals surface area contributed by atoms with Crippen LogP contribution in [0.15, 0.2) is 65.6 Å². The van der Waals surface area contributed by atoms with Crippen molar-refractivity contribution in [2.75, 3.05) is 17.9 Å². The Bertz CT molecular complexity index is 1300. The summed E-state index contributed by atoms with van der Waals surface area (Å²) in [6.45, 7) is 6.02. The van der Waals surface area contributed by atoms with Gasteiger partial charge in [0.25, 0.3) is 15.9 Å². The number of fused-ring (bicyclic) bond motifs is 1. The van der Waals surface area contributed by atoms with E-state index in [0.29, 0.717) is 29.4 Å². The Morgan fingerprint density at radius 3 is 2.48 bits per heavy atom. The molecule has 1 aliphatic heterocycles. The van der Waals surface area contributed by atoms with Gasteiger partial charge in [-0.05, 0) is 62.2 Å². The number of hydrogen-bond acceptors (Lipinski definition) is 5.